The second-order valence-corrected chi connectivity index (χ2v) is 2.83. The summed E-state index contributed by atoms with van der Waals surface area (Å²) in [4.78, 5) is 19.9. The van der Waals surface area contributed by atoms with Crippen LogP contribution in [0.25, 0.3) is 0 Å². The number of hydrogen-bond donors (Lipinski definition) is 7. The van der Waals surface area contributed by atoms with Crippen LogP contribution in [0, 0.1) is 0 Å². The zero-order valence-corrected chi connectivity index (χ0v) is 12.4. The van der Waals surface area contributed by atoms with Crippen LogP contribution >= 0.6 is 0 Å². The van der Waals surface area contributed by atoms with Gasteiger partial charge in [0.15, 0.2) is 0 Å². The third-order valence-electron chi connectivity index (χ3n) is 0.986. The van der Waals surface area contributed by atoms with Crippen molar-refractivity contribution in [1.29, 1.82) is 0 Å². The SMILES string of the molecule is CCO.CCO.CCO.N.N[C@@H](CCC(=O)O)C(=O)O. The molecule has 0 aliphatic rings. The fraction of sp³-hybridized carbons (Fsp3) is 0.818. The molecule has 0 unspecified atom stereocenters. The summed E-state index contributed by atoms with van der Waals surface area (Å²) in [7, 11) is 0. The van der Waals surface area contributed by atoms with Crippen LogP contribution in [0.2, 0.25) is 0 Å². The Morgan fingerprint density at radius 1 is 0.950 bits per heavy atom. The number of aliphatic hydroxyl groups excluding tert-OH is 3. The van der Waals surface area contributed by atoms with Crippen molar-refractivity contribution < 1.29 is 35.1 Å². The fourth-order valence-electron chi connectivity index (χ4n) is 0.402. The van der Waals surface area contributed by atoms with E-state index in [4.69, 9.17) is 31.3 Å². The molecule has 0 aliphatic heterocycles. The van der Waals surface area contributed by atoms with E-state index in [1.807, 2.05) is 0 Å². The van der Waals surface area contributed by atoms with Gasteiger partial charge in [-0.25, -0.2) is 0 Å². The predicted octanol–water partition coefficient (Wildman–Crippen LogP) is -0.579. The highest BCUT2D eigenvalue weighted by molar-refractivity contribution is 5.74. The van der Waals surface area contributed by atoms with E-state index in [1.54, 1.807) is 20.8 Å². The van der Waals surface area contributed by atoms with E-state index in [-0.39, 0.29) is 38.8 Å². The standard InChI is InChI=1S/C5H9NO4.3C2H6O.H3N/c6-3(5(9)10)1-2-4(7)8;3*1-2-3;/h3H,1-2,6H2,(H,7,8)(H,9,10);3*3H,2H2,1H3;1H3/t3-;;;;/m0..../s1. The molecule has 9 nitrogen and oxygen atoms in total. The molecule has 10 N–H and O–H groups in total. The van der Waals surface area contributed by atoms with E-state index in [2.05, 4.69) is 0 Å². The summed E-state index contributed by atoms with van der Waals surface area (Å²) in [6.07, 6.45) is -0.224. The highest BCUT2D eigenvalue weighted by Gasteiger charge is 2.12. The minimum absolute atomic E-state index is 0. The quantitative estimate of drug-likeness (QED) is 0.355. The molecule has 0 aliphatic carbocycles. The van der Waals surface area contributed by atoms with Gasteiger partial charge >= 0.3 is 11.9 Å². The van der Waals surface area contributed by atoms with Gasteiger partial charge in [-0.2, -0.15) is 0 Å². The molecule has 0 spiro atoms. The van der Waals surface area contributed by atoms with Gasteiger partial charge in [0.05, 0.1) is 0 Å². The van der Waals surface area contributed by atoms with Crippen molar-refractivity contribution in [3.63, 3.8) is 0 Å². The smallest absolute Gasteiger partial charge is 0.320 e. The summed E-state index contributed by atoms with van der Waals surface area (Å²) < 4.78 is 0. The van der Waals surface area contributed by atoms with Crippen molar-refractivity contribution in [3.8, 4) is 0 Å². The lowest BCUT2D eigenvalue weighted by Gasteiger charge is -2.01. The summed E-state index contributed by atoms with van der Waals surface area (Å²) in [5.74, 6) is -2.20. The van der Waals surface area contributed by atoms with Gasteiger partial charge < -0.3 is 37.4 Å². The molecule has 0 aromatic carbocycles. The van der Waals surface area contributed by atoms with E-state index in [0.29, 0.717) is 0 Å². The largest absolute Gasteiger partial charge is 0.481 e. The van der Waals surface area contributed by atoms with Crippen LogP contribution in [0.15, 0.2) is 0 Å². The van der Waals surface area contributed by atoms with Crippen LogP contribution in [0.3, 0.4) is 0 Å². The maximum absolute atomic E-state index is 9.99. The molecular formula is C11H30N2O7. The first kappa shape index (κ1) is 31.2. The molecule has 0 rings (SSSR count). The second-order valence-electron chi connectivity index (χ2n) is 2.83. The number of carboxylic acids is 2. The Morgan fingerprint density at radius 3 is 1.35 bits per heavy atom. The van der Waals surface area contributed by atoms with Crippen molar-refractivity contribution in [1.82, 2.24) is 6.15 Å². The topological polar surface area (TPSA) is 196 Å². The van der Waals surface area contributed by atoms with E-state index < -0.39 is 18.0 Å². The highest BCUT2D eigenvalue weighted by Crippen LogP contribution is 1.93. The number of hydrogen-bond acceptors (Lipinski definition) is 7. The van der Waals surface area contributed by atoms with Crippen LogP contribution < -0.4 is 11.9 Å². The molecule has 0 radical (unpaired) electrons. The molecule has 20 heavy (non-hydrogen) atoms. The second kappa shape index (κ2) is 30.6. The number of aliphatic hydroxyl groups is 3. The van der Waals surface area contributed by atoms with Crippen LogP contribution in [0.4, 0.5) is 0 Å². The van der Waals surface area contributed by atoms with E-state index >= 15 is 0 Å². The fourth-order valence-corrected chi connectivity index (χ4v) is 0.402. The van der Waals surface area contributed by atoms with Gasteiger partial charge in [-0.3, -0.25) is 9.59 Å². The highest BCUT2D eigenvalue weighted by atomic mass is 16.4. The lowest BCUT2D eigenvalue weighted by molar-refractivity contribution is -0.139. The molecule has 9 heteroatoms. The summed E-state index contributed by atoms with van der Waals surface area (Å²) >= 11 is 0. The predicted molar refractivity (Wildman–Crippen MR) is 75.8 cm³/mol. The molecule has 1 atom stereocenters. The molecule has 0 saturated carbocycles. The summed E-state index contributed by atoms with van der Waals surface area (Å²) in [6, 6.07) is -1.06. The molecule has 0 aromatic heterocycles. The third kappa shape index (κ3) is 69.2. The molecule has 0 saturated heterocycles. The maximum atomic E-state index is 9.99. The van der Waals surface area contributed by atoms with Crippen molar-refractivity contribution in [2.75, 3.05) is 19.8 Å². The van der Waals surface area contributed by atoms with Gasteiger partial charge in [-0.15, -0.1) is 0 Å². The van der Waals surface area contributed by atoms with Crippen molar-refractivity contribution in [2.45, 2.75) is 39.7 Å². The zero-order chi connectivity index (χ0) is 16.3. The van der Waals surface area contributed by atoms with E-state index in [1.165, 1.54) is 0 Å². The number of aliphatic carboxylic acids is 2. The average Bonchev–Trinajstić information content (AvgIpc) is 2.28. The number of nitrogens with two attached hydrogens (primary N) is 1. The Morgan fingerprint density at radius 2 is 1.20 bits per heavy atom. The summed E-state index contributed by atoms with van der Waals surface area (Å²) in [5, 5.41) is 39.0. The van der Waals surface area contributed by atoms with Gasteiger partial charge in [0.1, 0.15) is 6.04 Å². The molecule has 0 bridgehead atoms. The molecule has 0 aromatic rings. The third-order valence-corrected chi connectivity index (χ3v) is 0.986. The van der Waals surface area contributed by atoms with Crippen LogP contribution in [0.1, 0.15) is 33.6 Å². The van der Waals surface area contributed by atoms with Crippen molar-refractivity contribution >= 4 is 11.9 Å². The minimum atomic E-state index is -1.17. The zero-order valence-electron chi connectivity index (χ0n) is 12.4. The van der Waals surface area contributed by atoms with E-state index in [9.17, 15) is 9.59 Å². The Kier molecular flexibility index (Phi) is 47.8. The normalized spacial score (nSPS) is 8.95. The van der Waals surface area contributed by atoms with E-state index in [0.717, 1.165) is 0 Å². The van der Waals surface area contributed by atoms with Gasteiger partial charge in [0, 0.05) is 26.2 Å². The first-order valence-corrected chi connectivity index (χ1v) is 5.81. The molecule has 0 fully saturated rings. The summed E-state index contributed by atoms with van der Waals surface area (Å²) in [6.45, 7) is 5.79. The summed E-state index contributed by atoms with van der Waals surface area (Å²) in [5.41, 5.74) is 5.00. The maximum Gasteiger partial charge on any atom is 0.320 e. The van der Waals surface area contributed by atoms with Gasteiger partial charge in [0.25, 0.3) is 0 Å². The van der Waals surface area contributed by atoms with Crippen LogP contribution in [-0.2, 0) is 9.59 Å². The monoisotopic (exact) mass is 302 g/mol. The Bertz CT molecular complexity index is 187. The number of rotatable bonds is 4. The van der Waals surface area contributed by atoms with Crippen molar-refractivity contribution in [2.24, 2.45) is 5.73 Å². The van der Waals surface area contributed by atoms with Gasteiger partial charge in [-0.1, -0.05) is 0 Å². The average molecular weight is 302 g/mol. The van der Waals surface area contributed by atoms with Crippen LogP contribution in [-0.4, -0.2) is 63.3 Å². The molecule has 126 valence electrons. The van der Waals surface area contributed by atoms with Gasteiger partial charge in [0.2, 0.25) is 0 Å². The molecule has 0 amide bonds. The lowest BCUT2D eigenvalue weighted by atomic mass is 10.2. The van der Waals surface area contributed by atoms with Gasteiger partial charge in [-0.05, 0) is 27.2 Å². The molecular weight excluding hydrogens is 272 g/mol. The Balaban J connectivity index is -0.0000000626. The lowest BCUT2D eigenvalue weighted by Crippen LogP contribution is -2.30. The minimum Gasteiger partial charge on any atom is -0.481 e. The van der Waals surface area contributed by atoms with Crippen LogP contribution in [0.5, 0.6) is 0 Å². The number of carbonyl (C=O) groups is 2. The molecule has 0 heterocycles. The first-order chi connectivity index (χ1) is 8.78. The number of carboxylic acid groups (broad SMARTS) is 2. The van der Waals surface area contributed by atoms with Crippen molar-refractivity contribution in [3.05, 3.63) is 0 Å². The first-order valence-electron chi connectivity index (χ1n) is 5.81. The Labute approximate surface area is 119 Å². The Hall–Kier alpha value is -1.26.